The topological polar surface area (TPSA) is 91.1 Å². The number of pyridine rings is 1. The zero-order valence-corrected chi connectivity index (χ0v) is 25.5. The maximum absolute atomic E-state index is 12.4. The predicted molar refractivity (Wildman–Crippen MR) is 172 cm³/mol. The summed E-state index contributed by atoms with van der Waals surface area (Å²) in [6.45, 7) is 6.32. The summed E-state index contributed by atoms with van der Waals surface area (Å²) < 4.78 is 18.5. The van der Waals surface area contributed by atoms with Gasteiger partial charge in [0.2, 0.25) is 0 Å². The number of anilines is 1. The summed E-state index contributed by atoms with van der Waals surface area (Å²) in [6, 6.07) is 23.3. The van der Waals surface area contributed by atoms with Gasteiger partial charge in [0.25, 0.3) is 0 Å². The van der Waals surface area contributed by atoms with Crippen molar-refractivity contribution in [1.82, 2.24) is 19.6 Å². The maximum atomic E-state index is 12.4. The standard InChI is InChI=1S/C36H37N5O4/c1-2-45-32(42)21-36(22-44-23-36)28-10-7-25(8-11-28)34-33(39-35-31(13-14-37-41(34)35)40-15-17-43-18-16-40)27-19-26(20-27)30-12-9-24-5-3-4-6-29(24)38-30/h3-14,26-27H,2,15-23H2,1H3. The number of ether oxygens (including phenoxy) is 3. The zero-order chi connectivity index (χ0) is 30.4. The molecule has 1 aliphatic carbocycles. The van der Waals surface area contributed by atoms with Crippen molar-refractivity contribution in [2.45, 2.75) is 43.4 Å². The third-order valence-corrected chi connectivity index (χ3v) is 9.76. The van der Waals surface area contributed by atoms with Crippen molar-refractivity contribution in [2.24, 2.45) is 0 Å². The van der Waals surface area contributed by atoms with Crippen LogP contribution in [-0.2, 0) is 24.4 Å². The van der Waals surface area contributed by atoms with Crippen LogP contribution in [0.15, 0.2) is 72.9 Å². The molecule has 0 bridgehead atoms. The van der Waals surface area contributed by atoms with Gasteiger partial charge in [0.1, 0.15) is 0 Å². The number of morpholine rings is 1. The first-order valence-electron chi connectivity index (χ1n) is 16.0. The normalized spacial score (nSPS) is 21.0. The van der Waals surface area contributed by atoms with Crippen LogP contribution in [0, 0.1) is 0 Å². The van der Waals surface area contributed by atoms with Crippen molar-refractivity contribution in [1.29, 1.82) is 0 Å². The van der Waals surface area contributed by atoms with Crippen LogP contribution in [0.1, 0.15) is 55.0 Å². The highest BCUT2D eigenvalue weighted by Gasteiger charge is 2.43. The molecule has 3 fully saturated rings. The first-order valence-corrected chi connectivity index (χ1v) is 16.0. The average molecular weight is 604 g/mol. The molecule has 45 heavy (non-hydrogen) atoms. The second-order valence-electron chi connectivity index (χ2n) is 12.5. The Hall–Kier alpha value is -4.34. The molecule has 0 unspecified atom stereocenters. The predicted octanol–water partition coefficient (Wildman–Crippen LogP) is 5.66. The molecule has 2 aliphatic heterocycles. The summed E-state index contributed by atoms with van der Waals surface area (Å²) in [5, 5.41) is 6.02. The number of hydrogen-bond donors (Lipinski definition) is 0. The number of hydrogen-bond acceptors (Lipinski definition) is 8. The lowest BCUT2D eigenvalue weighted by molar-refractivity contribution is -0.151. The van der Waals surface area contributed by atoms with E-state index in [1.165, 1.54) is 5.39 Å². The molecule has 9 heteroatoms. The van der Waals surface area contributed by atoms with E-state index in [2.05, 4.69) is 65.6 Å². The molecule has 5 heterocycles. The van der Waals surface area contributed by atoms with E-state index in [1.54, 1.807) is 0 Å². The monoisotopic (exact) mass is 603 g/mol. The lowest BCUT2D eigenvalue weighted by atomic mass is 9.70. The van der Waals surface area contributed by atoms with Crippen LogP contribution in [0.2, 0.25) is 0 Å². The van der Waals surface area contributed by atoms with Crippen molar-refractivity contribution in [2.75, 3.05) is 51.0 Å². The van der Waals surface area contributed by atoms with E-state index in [4.69, 9.17) is 29.3 Å². The van der Waals surface area contributed by atoms with Crippen LogP contribution >= 0.6 is 0 Å². The van der Waals surface area contributed by atoms with Crippen LogP contribution in [0.5, 0.6) is 0 Å². The van der Waals surface area contributed by atoms with Crippen molar-refractivity contribution < 1.29 is 19.0 Å². The second-order valence-corrected chi connectivity index (χ2v) is 12.5. The third kappa shape index (κ3) is 5.04. The highest BCUT2D eigenvalue weighted by atomic mass is 16.5. The summed E-state index contributed by atoms with van der Waals surface area (Å²) in [7, 11) is 0. The molecule has 3 aliphatic rings. The van der Waals surface area contributed by atoms with Gasteiger partial charge in [-0.15, -0.1) is 0 Å². The Morgan fingerprint density at radius 1 is 0.933 bits per heavy atom. The van der Waals surface area contributed by atoms with Gasteiger partial charge >= 0.3 is 5.97 Å². The smallest absolute Gasteiger partial charge is 0.306 e. The Bertz CT molecular complexity index is 1850. The quantitative estimate of drug-likeness (QED) is 0.210. The summed E-state index contributed by atoms with van der Waals surface area (Å²) in [5.41, 5.74) is 8.09. The van der Waals surface area contributed by atoms with Crippen LogP contribution < -0.4 is 4.90 Å². The molecule has 0 radical (unpaired) electrons. The van der Waals surface area contributed by atoms with Gasteiger partial charge in [-0.1, -0.05) is 48.5 Å². The van der Waals surface area contributed by atoms with Crippen LogP contribution in [0.4, 0.5) is 5.69 Å². The molecule has 2 aromatic carbocycles. The highest BCUT2D eigenvalue weighted by molar-refractivity contribution is 5.79. The maximum Gasteiger partial charge on any atom is 0.306 e. The summed E-state index contributed by atoms with van der Waals surface area (Å²) >= 11 is 0. The fraction of sp³-hybridized carbons (Fsp3) is 0.389. The largest absolute Gasteiger partial charge is 0.466 e. The van der Waals surface area contributed by atoms with Gasteiger partial charge in [-0.05, 0) is 43.5 Å². The van der Waals surface area contributed by atoms with Gasteiger partial charge in [-0.2, -0.15) is 5.10 Å². The number of carbonyl (C=O) groups is 1. The number of nitrogens with zero attached hydrogens (tertiary/aromatic N) is 5. The molecule has 0 amide bonds. The SMILES string of the molecule is CCOC(=O)CC1(c2ccc(-c3c(C4CC(c5ccc6ccccc6n5)C4)nc4c(N5CCOCC5)ccnn34)cc2)COC1. The molecule has 0 atom stereocenters. The molecule has 8 rings (SSSR count). The molecular weight excluding hydrogens is 566 g/mol. The van der Waals surface area contributed by atoms with Crippen LogP contribution in [0.25, 0.3) is 27.8 Å². The van der Waals surface area contributed by atoms with E-state index >= 15 is 0 Å². The number of esters is 1. The Kier molecular flexibility index (Phi) is 7.22. The molecular formula is C36H37N5O4. The van der Waals surface area contributed by atoms with Crippen molar-refractivity contribution in [3.8, 4) is 11.3 Å². The van der Waals surface area contributed by atoms with Gasteiger partial charge in [0, 0.05) is 41.6 Å². The molecule has 2 saturated heterocycles. The highest BCUT2D eigenvalue weighted by Crippen LogP contribution is 2.50. The number of aromatic nitrogens is 4. The van der Waals surface area contributed by atoms with Gasteiger partial charge in [-0.3, -0.25) is 9.78 Å². The third-order valence-electron chi connectivity index (χ3n) is 9.76. The first kappa shape index (κ1) is 28.2. The molecule has 1 saturated carbocycles. The molecule has 9 nitrogen and oxygen atoms in total. The second kappa shape index (κ2) is 11.5. The lowest BCUT2D eigenvalue weighted by Crippen LogP contribution is -2.48. The zero-order valence-electron chi connectivity index (χ0n) is 25.5. The fourth-order valence-electron chi connectivity index (χ4n) is 7.14. The minimum atomic E-state index is -0.344. The fourth-order valence-corrected chi connectivity index (χ4v) is 7.14. The van der Waals surface area contributed by atoms with E-state index < -0.39 is 0 Å². The molecule has 0 spiro atoms. The van der Waals surface area contributed by atoms with Crippen molar-refractivity contribution in [3.63, 3.8) is 0 Å². The van der Waals surface area contributed by atoms with Gasteiger partial charge in [-0.25, -0.2) is 9.50 Å². The molecule has 3 aromatic heterocycles. The van der Waals surface area contributed by atoms with Gasteiger partial charge < -0.3 is 19.1 Å². The number of para-hydroxylation sites is 1. The molecule has 230 valence electrons. The van der Waals surface area contributed by atoms with Crippen molar-refractivity contribution >= 4 is 28.2 Å². The Morgan fingerprint density at radius 3 is 2.49 bits per heavy atom. The van der Waals surface area contributed by atoms with Crippen molar-refractivity contribution in [3.05, 3.63) is 89.9 Å². The Labute approximate surface area is 262 Å². The number of imidazole rings is 1. The number of benzene rings is 2. The van der Waals surface area contributed by atoms with Crippen LogP contribution in [-0.4, -0.2) is 71.7 Å². The van der Waals surface area contributed by atoms with E-state index in [9.17, 15) is 4.79 Å². The first-order chi connectivity index (χ1) is 22.1. The minimum absolute atomic E-state index is 0.186. The summed E-state index contributed by atoms with van der Waals surface area (Å²) in [5.74, 6) is 0.509. The van der Waals surface area contributed by atoms with Crippen LogP contribution in [0.3, 0.4) is 0 Å². The summed E-state index contributed by atoms with van der Waals surface area (Å²) in [6.07, 6.45) is 4.18. The Morgan fingerprint density at radius 2 is 1.73 bits per heavy atom. The van der Waals surface area contributed by atoms with E-state index in [0.717, 1.165) is 71.0 Å². The Balaban J connectivity index is 1.15. The number of rotatable bonds is 8. The van der Waals surface area contributed by atoms with E-state index in [-0.39, 0.29) is 11.4 Å². The lowest BCUT2D eigenvalue weighted by Gasteiger charge is -2.41. The minimum Gasteiger partial charge on any atom is -0.466 e. The average Bonchev–Trinajstić information content (AvgIpc) is 3.42. The molecule has 5 aromatic rings. The molecule has 0 N–H and O–H groups in total. The van der Waals surface area contributed by atoms with Gasteiger partial charge in [0.15, 0.2) is 5.65 Å². The number of carbonyl (C=O) groups excluding carboxylic acids is 1. The van der Waals surface area contributed by atoms with E-state index in [0.29, 0.717) is 51.3 Å². The number of fused-ring (bicyclic) bond motifs is 2. The summed E-state index contributed by atoms with van der Waals surface area (Å²) in [4.78, 5) is 25.1. The van der Waals surface area contributed by atoms with Gasteiger partial charge in [0.05, 0.1) is 73.7 Å². The van der Waals surface area contributed by atoms with E-state index in [1.807, 2.05) is 23.7 Å².